The number of hydrazine groups is 1. The lowest BCUT2D eigenvalue weighted by Gasteiger charge is -2.15. The number of amides is 2. The number of benzene rings is 2. The van der Waals surface area contributed by atoms with Gasteiger partial charge in [-0.25, -0.2) is 5.01 Å². The average Bonchev–Trinajstić information content (AvgIpc) is 3.30. The zero-order valence-corrected chi connectivity index (χ0v) is 12.0. The van der Waals surface area contributed by atoms with Gasteiger partial charge >= 0.3 is 0 Å². The standard InChI is InChI=1S/C17H14N2O3/c1-22-12-6-4-5-11(9-12)15-10-18(15)19-16(20)13-7-2-3-8-14(13)17(19)21/h2-9,15H,10H2,1H3. The van der Waals surface area contributed by atoms with E-state index in [0.717, 1.165) is 11.3 Å². The first-order chi connectivity index (χ1) is 10.7. The molecule has 2 atom stereocenters. The van der Waals surface area contributed by atoms with Gasteiger partial charge in [0.25, 0.3) is 11.8 Å². The van der Waals surface area contributed by atoms with Crippen molar-refractivity contribution in [3.05, 3.63) is 65.2 Å². The molecule has 0 aliphatic carbocycles. The lowest BCUT2D eigenvalue weighted by Crippen LogP contribution is -2.35. The number of imide groups is 1. The maximum Gasteiger partial charge on any atom is 0.276 e. The van der Waals surface area contributed by atoms with Crippen LogP contribution < -0.4 is 4.74 Å². The fraction of sp³-hybridized carbons (Fsp3) is 0.176. The number of carbonyl (C=O) groups is 2. The van der Waals surface area contributed by atoms with E-state index in [0.29, 0.717) is 17.7 Å². The van der Waals surface area contributed by atoms with Gasteiger partial charge in [-0.1, -0.05) is 24.3 Å². The number of hydrogen-bond donors (Lipinski definition) is 0. The molecule has 4 rings (SSSR count). The first-order valence-electron chi connectivity index (χ1n) is 7.09. The summed E-state index contributed by atoms with van der Waals surface area (Å²) in [5, 5.41) is 3.05. The molecule has 1 saturated heterocycles. The predicted molar refractivity (Wildman–Crippen MR) is 79.4 cm³/mol. The largest absolute Gasteiger partial charge is 0.497 e. The summed E-state index contributed by atoms with van der Waals surface area (Å²) in [5.74, 6) is 0.281. The minimum Gasteiger partial charge on any atom is -0.497 e. The monoisotopic (exact) mass is 294 g/mol. The first kappa shape index (κ1) is 13.0. The maximum atomic E-state index is 12.4. The Morgan fingerprint density at radius 1 is 1.00 bits per heavy atom. The highest BCUT2D eigenvalue weighted by atomic mass is 16.5. The highest BCUT2D eigenvalue weighted by Crippen LogP contribution is 2.40. The van der Waals surface area contributed by atoms with E-state index in [4.69, 9.17) is 4.74 Å². The Kier molecular flexibility index (Phi) is 2.77. The van der Waals surface area contributed by atoms with Crippen LogP contribution in [0.3, 0.4) is 0 Å². The molecule has 0 aromatic heterocycles. The molecule has 2 aromatic carbocycles. The van der Waals surface area contributed by atoms with Gasteiger partial charge in [-0.3, -0.25) is 9.59 Å². The number of fused-ring (bicyclic) bond motifs is 1. The first-order valence-corrected chi connectivity index (χ1v) is 7.09. The van der Waals surface area contributed by atoms with Crippen LogP contribution in [-0.2, 0) is 0 Å². The van der Waals surface area contributed by atoms with Crippen molar-refractivity contribution in [1.82, 2.24) is 10.0 Å². The summed E-state index contributed by atoms with van der Waals surface area (Å²) in [6.45, 7) is 0.651. The van der Waals surface area contributed by atoms with Crippen molar-refractivity contribution in [2.45, 2.75) is 6.04 Å². The predicted octanol–water partition coefficient (Wildman–Crippen LogP) is 2.26. The molecule has 2 aliphatic heterocycles. The van der Waals surface area contributed by atoms with Crippen molar-refractivity contribution in [2.75, 3.05) is 13.7 Å². The summed E-state index contributed by atoms with van der Waals surface area (Å²) in [6.07, 6.45) is 0. The molecule has 0 spiro atoms. The lowest BCUT2D eigenvalue weighted by molar-refractivity contribution is 0.0370. The van der Waals surface area contributed by atoms with E-state index >= 15 is 0 Å². The fourth-order valence-electron chi connectivity index (χ4n) is 2.89. The molecule has 1 fully saturated rings. The van der Waals surface area contributed by atoms with Crippen LogP contribution in [0.15, 0.2) is 48.5 Å². The number of rotatable bonds is 3. The minimum absolute atomic E-state index is 0.0392. The summed E-state index contributed by atoms with van der Waals surface area (Å²) in [4.78, 5) is 24.9. The molecule has 2 amide bonds. The molecule has 5 nitrogen and oxygen atoms in total. The lowest BCUT2D eigenvalue weighted by atomic mass is 10.1. The van der Waals surface area contributed by atoms with Gasteiger partial charge in [0, 0.05) is 6.54 Å². The quantitative estimate of drug-likeness (QED) is 0.643. The SMILES string of the molecule is COc1cccc(C2CN2N2C(=O)c3ccccc3C2=O)c1. The van der Waals surface area contributed by atoms with Gasteiger partial charge in [-0.2, -0.15) is 5.01 Å². The van der Waals surface area contributed by atoms with E-state index < -0.39 is 0 Å². The van der Waals surface area contributed by atoms with Gasteiger partial charge in [0.15, 0.2) is 0 Å². The maximum absolute atomic E-state index is 12.4. The molecule has 22 heavy (non-hydrogen) atoms. The molecular formula is C17H14N2O3. The smallest absolute Gasteiger partial charge is 0.276 e. The van der Waals surface area contributed by atoms with E-state index in [1.165, 1.54) is 5.01 Å². The van der Waals surface area contributed by atoms with Gasteiger partial charge in [-0.05, 0) is 29.8 Å². The highest BCUT2D eigenvalue weighted by molar-refractivity contribution is 6.21. The van der Waals surface area contributed by atoms with Crippen LogP contribution in [0, 0.1) is 0 Å². The number of nitrogens with zero attached hydrogens (tertiary/aromatic N) is 2. The molecule has 0 saturated carbocycles. The summed E-state index contributed by atoms with van der Waals surface area (Å²) in [5.41, 5.74) is 1.99. The second-order valence-electron chi connectivity index (χ2n) is 5.38. The van der Waals surface area contributed by atoms with Crippen LogP contribution in [-0.4, -0.2) is 35.5 Å². The Hall–Kier alpha value is -2.66. The second kappa shape index (κ2) is 4.68. The van der Waals surface area contributed by atoms with Gasteiger partial charge in [0.2, 0.25) is 0 Å². The van der Waals surface area contributed by atoms with Crippen LogP contribution in [0.25, 0.3) is 0 Å². The van der Waals surface area contributed by atoms with Gasteiger partial charge in [0.05, 0.1) is 24.3 Å². The van der Waals surface area contributed by atoms with Crippen molar-refractivity contribution in [3.8, 4) is 5.75 Å². The molecular weight excluding hydrogens is 280 g/mol. The van der Waals surface area contributed by atoms with E-state index in [1.807, 2.05) is 24.3 Å². The van der Waals surface area contributed by atoms with Crippen molar-refractivity contribution in [3.63, 3.8) is 0 Å². The zero-order valence-electron chi connectivity index (χ0n) is 12.0. The molecule has 2 aromatic rings. The van der Waals surface area contributed by atoms with Gasteiger partial charge in [0.1, 0.15) is 5.75 Å². The van der Waals surface area contributed by atoms with Crippen LogP contribution >= 0.6 is 0 Å². The summed E-state index contributed by atoms with van der Waals surface area (Å²) in [7, 11) is 1.62. The minimum atomic E-state index is -0.244. The Bertz CT molecular complexity index is 752. The summed E-state index contributed by atoms with van der Waals surface area (Å²) < 4.78 is 5.22. The zero-order chi connectivity index (χ0) is 15.3. The third kappa shape index (κ3) is 1.83. The third-order valence-electron chi connectivity index (χ3n) is 4.09. The normalized spacial score (nSPS) is 22.7. The number of ether oxygens (including phenoxy) is 1. The fourth-order valence-corrected chi connectivity index (χ4v) is 2.89. The molecule has 2 aliphatic rings. The second-order valence-corrected chi connectivity index (χ2v) is 5.38. The molecule has 0 radical (unpaired) electrons. The molecule has 110 valence electrons. The number of hydrogen-bond acceptors (Lipinski definition) is 4. The Labute approximate surface area is 127 Å². The van der Waals surface area contributed by atoms with Crippen molar-refractivity contribution < 1.29 is 14.3 Å². The third-order valence-corrected chi connectivity index (χ3v) is 4.09. The number of methoxy groups -OCH3 is 1. The summed E-state index contributed by atoms with van der Waals surface area (Å²) >= 11 is 0. The molecule has 5 heteroatoms. The Morgan fingerprint density at radius 2 is 1.68 bits per heavy atom. The molecule has 2 unspecified atom stereocenters. The van der Waals surface area contributed by atoms with Crippen LogP contribution in [0.5, 0.6) is 5.75 Å². The molecule has 2 heterocycles. The Balaban J connectivity index is 1.61. The van der Waals surface area contributed by atoms with Gasteiger partial charge < -0.3 is 4.74 Å². The average molecular weight is 294 g/mol. The molecule has 0 bridgehead atoms. The Morgan fingerprint density at radius 3 is 2.32 bits per heavy atom. The van der Waals surface area contributed by atoms with E-state index in [2.05, 4.69) is 0 Å². The van der Waals surface area contributed by atoms with Crippen LogP contribution in [0.4, 0.5) is 0 Å². The van der Waals surface area contributed by atoms with E-state index in [-0.39, 0.29) is 17.9 Å². The molecule has 0 N–H and O–H groups in total. The van der Waals surface area contributed by atoms with Gasteiger partial charge in [-0.15, -0.1) is 0 Å². The van der Waals surface area contributed by atoms with E-state index in [9.17, 15) is 9.59 Å². The van der Waals surface area contributed by atoms with Crippen molar-refractivity contribution in [2.24, 2.45) is 0 Å². The van der Waals surface area contributed by atoms with Crippen LogP contribution in [0.2, 0.25) is 0 Å². The van der Waals surface area contributed by atoms with E-state index in [1.54, 1.807) is 36.4 Å². The van der Waals surface area contributed by atoms with Crippen molar-refractivity contribution in [1.29, 1.82) is 0 Å². The highest BCUT2D eigenvalue weighted by Gasteiger charge is 2.49. The topological polar surface area (TPSA) is 49.6 Å². The van der Waals surface area contributed by atoms with Crippen LogP contribution in [0.1, 0.15) is 32.3 Å². The number of carbonyl (C=O) groups excluding carboxylic acids is 2. The summed E-state index contributed by atoms with van der Waals surface area (Å²) in [6, 6.07) is 14.7. The van der Waals surface area contributed by atoms with Crippen molar-refractivity contribution >= 4 is 11.8 Å².